The number of rotatable bonds is 4. The first-order valence-electron chi connectivity index (χ1n) is 5.17. The van der Waals surface area contributed by atoms with Gasteiger partial charge in [0.25, 0.3) is 0 Å². The lowest BCUT2D eigenvalue weighted by atomic mass is 10.2. The number of esters is 2. The zero-order chi connectivity index (χ0) is 11.3. The molecule has 0 spiro atoms. The summed E-state index contributed by atoms with van der Waals surface area (Å²) >= 11 is 1.36. The van der Waals surface area contributed by atoms with E-state index in [4.69, 9.17) is 9.47 Å². The third-order valence-corrected chi connectivity index (χ3v) is 3.63. The molecule has 0 aromatic heterocycles. The van der Waals surface area contributed by atoms with Crippen LogP contribution in [0.2, 0.25) is 0 Å². The molecule has 86 valence electrons. The summed E-state index contributed by atoms with van der Waals surface area (Å²) < 4.78 is 9.80. The second-order valence-electron chi connectivity index (χ2n) is 3.19. The second kappa shape index (κ2) is 6.00. The van der Waals surface area contributed by atoms with Gasteiger partial charge in [-0.25, -0.2) is 0 Å². The minimum atomic E-state index is -0.214. The highest BCUT2D eigenvalue weighted by Crippen LogP contribution is 2.35. The number of hydrogen-bond acceptors (Lipinski definition) is 5. The highest BCUT2D eigenvalue weighted by atomic mass is 32.2. The summed E-state index contributed by atoms with van der Waals surface area (Å²) in [6.45, 7) is 4.33. The van der Waals surface area contributed by atoms with Gasteiger partial charge >= 0.3 is 11.9 Å². The zero-order valence-corrected chi connectivity index (χ0v) is 9.84. The predicted molar refractivity (Wildman–Crippen MR) is 57.7 cm³/mol. The van der Waals surface area contributed by atoms with Gasteiger partial charge in [-0.15, -0.1) is 11.8 Å². The van der Waals surface area contributed by atoms with E-state index < -0.39 is 0 Å². The van der Waals surface area contributed by atoms with Crippen molar-refractivity contribution in [1.29, 1.82) is 0 Å². The Hall–Kier alpha value is -0.710. The van der Waals surface area contributed by atoms with Crippen molar-refractivity contribution in [2.24, 2.45) is 0 Å². The molecule has 4 nitrogen and oxygen atoms in total. The summed E-state index contributed by atoms with van der Waals surface area (Å²) in [4.78, 5) is 22.8. The van der Waals surface area contributed by atoms with Crippen molar-refractivity contribution < 1.29 is 19.1 Å². The molecule has 2 atom stereocenters. The van der Waals surface area contributed by atoms with E-state index in [0.29, 0.717) is 26.1 Å². The quantitative estimate of drug-likeness (QED) is 0.685. The van der Waals surface area contributed by atoms with Crippen molar-refractivity contribution in [3.05, 3.63) is 0 Å². The maximum Gasteiger partial charge on any atom is 0.319 e. The van der Waals surface area contributed by atoms with E-state index in [1.54, 1.807) is 13.8 Å². The Balaban J connectivity index is 2.38. The van der Waals surface area contributed by atoms with Gasteiger partial charge in [0.2, 0.25) is 0 Å². The molecular weight excluding hydrogens is 216 g/mol. The van der Waals surface area contributed by atoms with Crippen LogP contribution in [-0.4, -0.2) is 35.7 Å². The fourth-order valence-electron chi connectivity index (χ4n) is 1.45. The van der Waals surface area contributed by atoms with Crippen molar-refractivity contribution >= 4 is 23.7 Å². The van der Waals surface area contributed by atoms with Crippen LogP contribution in [0.15, 0.2) is 0 Å². The van der Waals surface area contributed by atoms with Crippen molar-refractivity contribution in [2.45, 2.75) is 37.2 Å². The second-order valence-corrected chi connectivity index (χ2v) is 4.61. The summed E-state index contributed by atoms with van der Waals surface area (Å²) in [6, 6.07) is 0. The van der Waals surface area contributed by atoms with Crippen LogP contribution in [0.5, 0.6) is 0 Å². The predicted octanol–water partition coefficient (Wildman–Crippen LogP) is 1.38. The minimum absolute atomic E-state index is 0.195. The highest BCUT2D eigenvalue weighted by Gasteiger charge is 2.36. The van der Waals surface area contributed by atoms with Crippen LogP contribution < -0.4 is 0 Å². The fourth-order valence-corrected chi connectivity index (χ4v) is 2.75. The molecule has 1 aliphatic heterocycles. The Morgan fingerprint density at radius 2 is 1.47 bits per heavy atom. The van der Waals surface area contributed by atoms with E-state index in [1.165, 1.54) is 11.8 Å². The molecule has 0 aromatic rings. The summed E-state index contributed by atoms with van der Waals surface area (Å²) in [5.74, 6) is -0.427. The summed E-state index contributed by atoms with van der Waals surface area (Å²) in [7, 11) is 0. The molecule has 1 heterocycles. The lowest BCUT2D eigenvalue weighted by molar-refractivity contribution is -0.143. The lowest BCUT2D eigenvalue weighted by Gasteiger charge is -2.09. The van der Waals surface area contributed by atoms with Crippen LogP contribution in [-0.2, 0) is 19.1 Å². The van der Waals surface area contributed by atoms with Gasteiger partial charge in [-0.3, -0.25) is 9.59 Å². The maximum absolute atomic E-state index is 11.4. The lowest BCUT2D eigenvalue weighted by Crippen LogP contribution is -2.20. The molecule has 0 amide bonds. The third-order valence-electron chi connectivity index (χ3n) is 2.12. The van der Waals surface area contributed by atoms with Crippen LogP contribution in [0.1, 0.15) is 26.7 Å². The van der Waals surface area contributed by atoms with Crippen LogP contribution in [0, 0.1) is 0 Å². The molecule has 15 heavy (non-hydrogen) atoms. The molecular formula is C10H16O4S. The van der Waals surface area contributed by atoms with Gasteiger partial charge < -0.3 is 9.47 Å². The van der Waals surface area contributed by atoms with E-state index in [1.807, 2.05) is 0 Å². The smallest absolute Gasteiger partial charge is 0.319 e. The van der Waals surface area contributed by atoms with E-state index in [9.17, 15) is 9.59 Å². The van der Waals surface area contributed by atoms with Crippen molar-refractivity contribution in [3.8, 4) is 0 Å². The SMILES string of the molecule is CCOC(=O)[C@@H]1CC[C@H](C(=O)OCC)S1. The molecule has 0 bridgehead atoms. The van der Waals surface area contributed by atoms with Crippen molar-refractivity contribution in [1.82, 2.24) is 0 Å². The van der Waals surface area contributed by atoms with E-state index >= 15 is 0 Å². The van der Waals surface area contributed by atoms with Gasteiger partial charge in [0, 0.05) is 0 Å². The van der Waals surface area contributed by atoms with Crippen LogP contribution in [0.3, 0.4) is 0 Å². The molecule has 1 saturated heterocycles. The summed E-state index contributed by atoms with van der Waals surface area (Å²) in [5.41, 5.74) is 0. The normalized spacial score (nSPS) is 24.9. The van der Waals surface area contributed by atoms with Gasteiger partial charge in [-0.1, -0.05) is 0 Å². The Morgan fingerprint density at radius 1 is 1.07 bits per heavy atom. The van der Waals surface area contributed by atoms with Crippen LogP contribution in [0.4, 0.5) is 0 Å². The van der Waals surface area contributed by atoms with Crippen LogP contribution in [0.25, 0.3) is 0 Å². The first-order valence-corrected chi connectivity index (χ1v) is 6.12. The molecule has 0 aliphatic carbocycles. The van der Waals surface area contributed by atoms with Gasteiger partial charge in [0.1, 0.15) is 10.5 Å². The largest absolute Gasteiger partial charge is 0.465 e. The molecule has 0 saturated carbocycles. The maximum atomic E-state index is 11.4. The number of thioether (sulfide) groups is 1. The van der Waals surface area contributed by atoms with Gasteiger partial charge in [-0.05, 0) is 26.7 Å². The monoisotopic (exact) mass is 232 g/mol. The molecule has 1 rings (SSSR count). The number of ether oxygens (including phenoxy) is 2. The van der Waals surface area contributed by atoms with Crippen LogP contribution >= 0.6 is 11.8 Å². The fraction of sp³-hybridized carbons (Fsp3) is 0.800. The topological polar surface area (TPSA) is 52.6 Å². The average Bonchev–Trinajstić information content (AvgIpc) is 2.67. The number of carbonyl (C=O) groups is 2. The average molecular weight is 232 g/mol. The van der Waals surface area contributed by atoms with E-state index in [2.05, 4.69) is 0 Å². The molecule has 1 aliphatic rings. The minimum Gasteiger partial charge on any atom is -0.465 e. The van der Waals surface area contributed by atoms with Crippen molar-refractivity contribution in [2.75, 3.05) is 13.2 Å². The third kappa shape index (κ3) is 3.41. The number of hydrogen-bond donors (Lipinski definition) is 0. The molecule has 0 radical (unpaired) electrons. The molecule has 0 N–H and O–H groups in total. The summed E-state index contributed by atoms with van der Waals surface area (Å²) in [6.07, 6.45) is 1.40. The van der Waals surface area contributed by atoms with Gasteiger partial charge in [0.15, 0.2) is 0 Å². The Kier molecular flexibility index (Phi) is 4.94. The Morgan fingerprint density at radius 3 is 1.80 bits per heavy atom. The Bertz CT molecular complexity index is 218. The van der Waals surface area contributed by atoms with Gasteiger partial charge in [0.05, 0.1) is 13.2 Å². The first-order chi connectivity index (χ1) is 7.19. The zero-order valence-electron chi connectivity index (χ0n) is 9.02. The molecule has 0 aromatic carbocycles. The molecule has 1 fully saturated rings. The number of carbonyl (C=O) groups excluding carboxylic acids is 2. The van der Waals surface area contributed by atoms with E-state index in [-0.39, 0.29) is 22.4 Å². The summed E-state index contributed by atoms with van der Waals surface area (Å²) in [5, 5.41) is -0.390. The molecule has 5 heteroatoms. The van der Waals surface area contributed by atoms with Gasteiger partial charge in [-0.2, -0.15) is 0 Å². The highest BCUT2D eigenvalue weighted by molar-refractivity contribution is 8.02. The van der Waals surface area contributed by atoms with E-state index in [0.717, 1.165) is 0 Å². The standard InChI is InChI=1S/C10H16O4S/c1-3-13-9(11)7-5-6-8(15-7)10(12)14-4-2/h7-8H,3-6H2,1-2H3/t7-,8+. The Labute approximate surface area is 93.7 Å². The van der Waals surface area contributed by atoms with Crippen molar-refractivity contribution in [3.63, 3.8) is 0 Å². The first kappa shape index (κ1) is 12.4. The molecule has 0 unspecified atom stereocenters.